The highest BCUT2D eigenvalue weighted by molar-refractivity contribution is 5.80. The van der Waals surface area contributed by atoms with Crippen LogP contribution in [-0.2, 0) is 41.9 Å². The molecule has 1 aliphatic rings. The van der Waals surface area contributed by atoms with E-state index in [1.165, 1.54) is 32.9 Å². The van der Waals surface area contributed by atoms with Crippen LogP contribution in [0.4, 0.5) is 0 Å². The molecule has 0 saturated heterocycles. The molecule has 2 heterocycles. The molecule has 0 fully saturated rings. The second-order valence-electron chi connectivity index (χ2n) is 18.3. The van der Waals surface area contributed by atoms with Crippen molar-refractivity contribution in [3.05, 3.63) is 29.6 Å². The predicted molar refractivity (Wildman–Crippen MR) is 248 cm³/mol. The third-order valence-corrected chi connectivity index (χ3v) is 13.8. The van der Waals surface area contributed by atoms with Crippen LogP contribution < -0.4 is 15.3 Å². The Morgan fingerprint density at radius 2 is 0.743 bits per heavy atom. The van der Waals surface area contributed by atoms with E-state index in [-0.39, 0.29) is 63.5 Å². The number of aliphatic hydroxyl groups is 12. The van der Waals surface area contributed by atoms with E-state index < -0.39 is 208 Å². The van der Waals surface area contributed by atoms with Crippen LogP contribution in [-0.4, -0.2) is 291 Å². The minimum Gasteiger partial charge on any atom is -0.548 e. The second kappa shape index (κ2) is 32.7. The summed E-state index contributed by atoms with van der Waals surface area (Å²) in [5, 5.41) is 159. The SMILES string of the molecule is O=C([O-])C(CCC(=O)N(CCO)C(CO)(CCO)CCO)N1CCN(C(CCC(=O)N(CCO)C(CO)(CO)CO)C(=O)[O-])Cc2cccc(n2)CN(C(CCC(=O)N(CCO)C(CO)(CO)CO)C(=O)[O-])CC1. The topological polar surface area (TPSA) is 447 Å². The number of rotatable bonds is 35. The van der Waals surface area contributed by atoms with Gasteiger partial charge < -0.3 is 106 Å². The van der Waals surface area contributed by atoms with E-state index in [1.807, 2.05) is 0 Å². The summed E-state index contributed by atoms with van der Waals surface area (Å²) in [4.78, 5) is 91.7. The Labute approximate surface area is 428 Å². The molecule has 0 aromatic carbocycles. The van der Waals surface area contributed by atoms with E-state index in [4.69, 9.17) is 0 Å². The smallest absolute Gasteiger partial charge is 0.223 e. The van der Waals surface area contributed by atoms with Gasteiger partial charge in [-0.05, 0) is 44.2 Å². The van der Waals surface area contributed by atoms with Crippen molar-refractivity contribution in [2.24, 2.45) is 0 Å². The van der Waals surface area contributed by atoms with Crippen LogP contribution >= 0.6 is 0 Å². The zero-order valence-corrected chi connectivity index (χ0v) is 41.6. The first kappa shape index (κ1) is 65.5. The highest BCUT2D eigenvalue weighted by atomic mass is 16.4. The number of carboxylic acid groups (broad SMARTS) is 3. The Bertz CT molecular complexity index is 1780. The van der Waals surface area contributed by atoms with E-state index in [0.717, 1.165) is 14.7 Å². The molecule has 0 saturated carbocycles. The number of hydrogen-bond donors (Lipinski definition) is 12. The van der Waals surface area contributed by atoms with Crippen LogP contribution in [0, 0.1) is 0 Å². The van der Waals surface area contributed by atoms with Gasteiger partial charge in [-0.15, -0.1) is 0 Å². The van der Waals surface area contributed by atoms with Gasteiger partial charge in [0, 0.05) is 97.4 Å². The van der Waals surface area contributed by atoms with Gasteiger partial charge in [0.05, 0.1) is 113 Å². The third-order valence-electron chi connectivity index (χ3n) is 13.8. The number of carbonyl (C=O) groups is 6. The summed E-state index contributed by atoms with van der Waals surface area (Å²) in [5.74, 6) is -7.71. The van der Waals surface area contributed by atoms with E-state index in [0.29, 0.717) is 0 Å². The van der Waals surface area contributed by atoms with Crippen LogP contribution in [0.1, 0.15) is 62.8 Å². The molecule has 3 unspecified atom stereocenters. The Morgan fingerprint density at radius 3 is 1.01 bits per heavy atom. The monoisotopic (exact) mass is 1060 g/mol. The lowest BCUT2D eigenvalue weighted by Gasteiger charge is -2.43. The fourth-order valence-electron chi connectivity index (χ4n) is 9.33. The first-order chi connectivity index (χ1) is 35.3. The van der Waals surface area contributed by atoms with Gasteiger partial charge in [-0.2, -0.15) is 0 Å². The van der Waals surface area contributed by atoms with Crippen molar-refractivity contribution in [2.45, 2.75) is 99.2 Å². The fraction of sp³-hybridized carbons (Fsp3) is 0.761. The van der Waals surface area contributed by atoms with Crippen LogP contribution in [0.2, 0.25) is 0 Å². The second-order valence-corrected chi connectivity index (χ2v) is 18.3. The zero-order valence-electron chi connectivity index (χ0n) is 41.6. The zero-order chi connectivity index (χ0) is 55.6. The Morgan fingerprint density at radius 1 is 0.459 bits per heavy atom. The molecule has 424 valence electrons. The summed E-state index contributed by atoms with van der Waals surface area (Å²) < 4.78 is 0. The van der Waals surface area contributed by atoms with Crippen molar-refractivity contribution >= 4 is 35.6 Å². The first-order valence-corrected chi connectivity index (χ1v) is 24.3. The molecular weight excluding hydrogens is 987 g/mol. The molecular formula is C46H76N7O21-3. The number of aliphatic hydroxyl groups excluding tert-OH is 12. The molecule has 28 heteroatoms. The van der Waals surface area contributed by atoms with Gasteiger partial charge in [0.15, 0.2) is 0 Å². The molecule has 12 N–H and O–H groups in total. The Kier molecular flexibility index (Phi) is 29.0. The Balaban J connectivity index is 2.78. The maximum Gasteiger partial charge on any atom is 0.223 e. The van der Waals surface area contributed by atoms with Gasteiger partial charge in [0.1, 0.15) is 11.1 Å². The lowest BCUT2D eigenvalue weighted by molar-refractivity contribution is -0.314. The van der Waals surface area contributed by atoms with Crippen molar-refractivity contribution in [3.8, 4) is 0 Å². The van der Waals surface area contributed by atoms with Gasteiger partial charge in [0.25, 0.3) is 0 Å². The number of amides is 3. The van der Waals surface area contributed by atoms with Crippen molar-refractivity contribution in [3.63, 3.8) is 0 Å². The molecule has 74 heavy (non-hydrogen) atoms. The number of aromatic nitrogens is 1. The summed E-state index contributed by atoms with van der Waals surface area (Å²) >= 11 is 0. The largest absolute Gasteiger partial charge is 0.548 e. The molecule has 0 radical (unpaired) electrons. The van der Waals surface area contributed by atoms with Gasteiger partial charge >= 0.3 is 0 Å². The van der Waals surface area contributed by atoms with Crippen molar-refractivity contribution in [2.75, 3.05) is 125 Å². The van der Waals surface area contributed by atoms with E-state index in [9.17, 15) is 105 Å². The molecule has 0 aliphatic carbocycles. The molecule has 1 aromatic rings. The number of carboxylic acids is 3. The molecule has 3 amide bonds. The standard InChI is InChI=1S/C46H79N7O21/c54-19-10-44(26-59,11-20-55)51(16-21-56)38(66)7-4-35(41(69)70)48-12-14-49(36(42(71)72)5-8-39(67)52(17-22-57)45(27-60,28-61)29-62)24-33-2-1-3-34(47-33)25-50(15-13-48)37(43(73)74)6-9-40(68)53(18-23-58)46(30-63,31-64)32-65/h1-3,35-37,54-65H,4-32H2,(H,69,70)(H,71,72)(H,73,74)/p-3. The van der Waals surface area contributed by atoms with Crippen molar-refractivity contribution in [1.82, 2.24) is 34.4 Å². The average Bonchev–Trinajstić information content (AvgIpc) is 3.38. The normalized spacial score (nSPS) is 15.8. The van der Waals surface area contributed by atoms with Gasteiger partial charge in [-0.3, -0.25) is 34.1 Å². The summed E-state index contributed by atoms with van der Waals surface area (Å²) in [6.07, 6.45) is -3.87. The van der Waals surface area contributed by atoms with Gasteiger partial charge in [0.2, 0.25) is 17.7 Å². The average molecular weight is 1060 g/mol. The van der Waals surface area contributed by atoms with E-state index >= 15 is 0 Å². The molecule has 2 rings (SSSR count). The molecule has 0 spiro atoms. The van der Waals surface area contributed by atoms with Crippen LogP contribution in [0.3, 0.4) is 0 Å². The molecule has 1 aliphatic heterocycles. The minimum absolute atomic E-state index is 0.186. The molecule has 1 aromatic heterocycles. The number of fused-ring (bicyclic) bond motifs is 2. The van der Waals surface area contributed by atoms with Crippen LogP contribution in [0.5, 0.6) is 0 Å². The van der Waals surface area contributed by atoms with Gasteiger partial charge in [-0.25, -0.2) is 0 Å². The highest BCUT2D eigenvalue weighted by Gasteiger charge is 2.41. The maximum absolute atomic E-state index is 14.0. The quantitative estimate of drug-likeness (QED) is 0.0300. The van der Waals surface area contributed by atoms with Crippen molar-refractivity contribution in [1.29, 1.82) is 0 Å². The summed E-state index contributed by atoms with van der Waals surface area (Å²) in [6.45, 7) is -12.9. The summed E-state index contributed by atoms with van der Waals surface area (Å²) in [7, 11) is 0. The molecule has 2 bridgehead atoms. The van der Waals surface area contributed by atoms with Gasteiger partial charge in [-0.1, -0.05) is 6.07 Å². The van der Waals surface area contributed by atoms with E-state index in [1.54, 1.807) is 0 Å². The first-order valence-electron chi connectivity index (χ1n) is 24.3. The summed E-state index contributed by atoms with van der Waals surface area (Å²) in [5.41, 5.74) is -5.07. The van der Waals surface area contributed by atoms with Crippen molar-refractivity contribution < 1.29 is 105 Å². The minimum atomic E-state index is -1.94. The number of hydrogen-bond acceptors (Lipinski definition) is 25. The number of aliphatic carboxylic acids is 3. The predicted octanol–water partition coefficient (Wildman–Crippen LogP) is -10.9. The molecule has 28 nitrogen and oxygen atoms in total. The summed E-state index contributed by atoms with van der Waals surface area (Å²) in [6, 6.07) is -0.505. The number of nitrogens with zero attached hydrogens (tertiary/aromatic N) is 7. The van der Waals surface area contributed by atoms with E-state index in [2.05, 4.69) is 4.98 Å². The maximum atomic E-state index is 14.0. The number of pyridine rings is 1. The lowest BCUT2D eigenvalue weighted by Crippen LogP contribution is -2.60. The number of carbonyl (C=O) groups excluding carboxylic acids is 6. The van der Waals surface area contributed by atoms with Crippen LogP contribution in [0.15, 0.2) is 18.2 Å². The van der Waals surface area contributed by atoms with Crippen LogP contribution in [0.25, 0.3) is 0 Å². The highest BCUT2D eigenvalue weighted by Crippen LogP contribution is 2.27. The Hall–Kier alpha value is -4.63. The third kappa shape index (κ3) is 17.5. The molecule has 3 atom stereocenters. The lowest BCUT2D eigenvalue weighted by atomic mass is 9.89. The number of β-amino-alcohol motifs (C(OH)–C–C–N with tert-alkyl or cyclic N) is 3. The fourth-order valence-corrected chi connectivity index (χ4v) is 9.33.